The molecule has 4 heteroatoms. The smallest absolute Gasteiger partial charge is 0.253 e. The van der Waals surface area contributed by atoms with Crippen molar-refractivity contribution in [1.29, 1.82) is 0 Å². The third-order valence-electron chi connectivity index (χ3n) is 2.95. The first kappa shape index (κ1) is 16.7. The lowest BCUT2D eigenvalue weighted by atomic mass is 10.1. The molecule has 104 valence electrons. The molecule has 0 amide bonds. The fraction of sp³-hybridized carbons (Fsp3) is 0.714. The molecule has 0 radical (unpaired) electrons. The Morgan fingerprint density at radius 1 is 0.889 bits per heavy atom. The van der Waals surface area contributed by atoms with E-state index in [1.165, 1.54) is 0 Å². The molecule has 0 N–H and O–H groups in total. The summed E-state index contributed by atoms with van der Waals surface area (Å²) in [6.07, 6.45) is 2.11. The average molecular weight is 254 g/mol. The van der Waals surface area contributed by atoms with Gasteiger partial charge < -0.3 is 9.80 Å². The summed E-state index contributed by atoms with van der Waals surface area (Å²) < 4.78 is 0. The van der Waals surface area contributed by atoms with E-state index in [1.807, 2.05) is 44.7 Å². The van der Waals surface area contributed by atoms with Crippen LogP contribution in [0.1, 0.15) is 40.5 Å². The molecule has 1 aromatic carbocycles. The standard InChI is InChI=1S/C12H20N2O2.C2H6/c1-5-7-8-14(4)10-9(13(3)6-2)11(15)12(10)16;1-2/h5-8H2,1-4H3;1-2H3. The minimum absolute atomic E-state index is 0.339. The van der Waals surface area contributed by atoms with Gasteiger partial charge in [-0.25, -0.2) is 0 Å². The summed E-state index contributed by atoms with van der Waals surface area (Å²) in [5.74, 6) is 0. The van der Waals surface area contributed by atoms with Crippen molar-refractivity contribution < 1.29 is 0 Å². The van der Waals surface area contributed by atoms with Gasteiger partial charge in [-0.1, -0.05) is 27.2 Å². The quantitative estimate of drug-likeness (QED) is 0.728. The molecule has 0 aliphatic carbocycles. The Morgan fingerprint density at radius 2 is 1.33 bits per heavy atom. The van der Waals surface area contributed by atoms with Crippen molar-refractivity contribution in [1.82, 2.24) is 0 Å². The zero-order valence-electron chi connectivity index (χ0n) is 12.5. The van der Waals surface area contributed by atoms with Crippen molar-refractivity contribution in [2.24, 2.45) is 0 Å². The van der Waals surface area contributed by atoms with Crippen LogP contribution in [-0.2, 0) is 0 Å². The van der Waals surface area contributed by atoms with Gasteiger partial charge in [-0.15, -0.1) is 0 Å². The van der Waals surface area contributed by atoms with Crippen LogP contribution in [0.5, 0.6) is 0 Å². The van der Waals surface area contributed by atoms with E-state index in [4.69, 9.17) is 0 Å². The molecule has 0 spiro atoms. The molecular formula is C14H26N2O2. The van der Waals surface area contributed by atoms with Gasteiger partial charge in [-0.2, -0.15) is 0 Å². The molecule has 1 rings (SSSR count). The highest BCUT2D eigenvalue weighted by atomic mass is 16.2. The molecule has 0 fully saturated rings. The van der Waals surface area contributed by atoms with Crippen LogP contribution >= 0.6 is 0 Å². The molecule has 0 saturated heterocycles. The van der Waals surface area contributed by atoms with Gasteiger partial charge in [0.25, 0.3) is 10.9 Å². The Balaban J connectivity index is 0.00000137. The first-order valence-electron chi connectivity index (χ1n) is 6.80. The van der Waals surface area contributed by atoms with Crippen molar-refractivity contribution in [3.8, 4) is 0 Å². The van der Waals surface area contributed by atoms with E-state index in [1.54, 1.807) is 0 Å². The topological polar surface area (TPSA) is 40.6 Å². The molecule has 0 atom stereocenters. The zero-order chi connectivity index (χ0) is 14.3. The van der Waals surface area contributed by atoms with Crippen molar-refractivity contribution in [2.75, 3.05) is 37.0 Å². The predicted molar refractivity (Wildman–Crippen MR) is 79.8 cm³/mol. The van der Waals surface area contributed by atoms with Crippen LogP contribution in [0.2, 0.25) is 0 Å². The van der Waals surface area contributed by atoms with E-state index >= 15 is 0 Å². The predicted octanol–water partition coefficient (Wildman–Crippen LogP) is 2.00. The Hall–Kier alpha value is -1.32. The second kappa shape index (κ2) is 7.90. The Morgan fingerprint density at radius 3 is 1.72 bits per heavy atom. The summed E-state index contributed by atoms with van der Waals surface area (Å²) in [6.45, 7) is 9.63. The third-order valence-corrected chi connectivity index (χ3v) is 2.95. The van der Waals surface area contributed by atoms with Gasteiger partial charge in [0.1, 0.15) is 11.4 Å². The number of unbranched alkanes of at least 4 members (excludes halogenated alkanes) is 1. The molecule has 0 saturated carbocycles. The van der Waals surface area contributed by atoms with Crippen LogP contribution < -0.4 is 20.7 Å². The van der Waals surface area contributed by atoms with Gasteiger partial charge in [-0.05, 0) is 13.3 Å². The van der Waals surface area contributed by atoms with Crippen LogP contribution in [0.25, 0.3) is 0 Å². The fourth-order valence-corrected chi connectivity index (χ4v) is 1.74. The van der Waals surface area contributed by atoms with E-state index < -0.39 is 0 Å². The molecule has 0 unspecified atom stereocenters. The van der Waals surface area contributed by atoms with Gasteiger partial charge in [0.15, 0.2) is 0 Å². The van der Waals surface area contributed by atoms with Gasteiger partial charge in [-0.3, -0.25) is 9.59 Å². The van der Waals surface area contributed by atoms with Gasteiger partial charge in [0, 0.05) is 27.2 Å². The third kappa shape index (κ3) is 3.34. The SMILES string of the molecule is CC.CCCCN(C)c1c(N(C)CC)c(=O)c1=O. The Bertz CT molecular complexity index is 419. The maximum Gasteiger partial charge on any atom is 0.253 e. The fourth-order valence-electron chi connectivity index (χ4n) is 1.74. The maximum absolute atomic E-state index is 11.5. The number of hydrogen-bond donors (Lipinski definition) is 0. The average Bonchev–Trinajstić information content (AvgIpc) is 2.42. The van der Waals surface area contributed by atoms with Crippen LogP contribution in [0, 0.1) is 0 Å². The van der Waals surface area contributed by atoms with Crippen molar-refractivity contribution in [3.05, 3.63) is 20.4 Å². The number of nitrogens with zero attached hydrogens (tertiary/aromatic N) is 2. The summed E-state index contributed by atoms with van der Waals surface area (Å²) in [5, 5.41) is 0. The lowest BCUT2D eigenvalue weighted by molar-refractivity contribution is 0.760. The summed E-state index contributed by atoms with van der Waals surface area (Å²) >= 11 is 0. The zero-order valence-corrected chi connectivity index (χ0v) is 12.5. The molecule has 1 aromatic rings. The molecule has 18 heavy (non-hydrogen) atoms. The van der Waals surface area contributed by atoms with E-state index in [9.17, 15) is 9.59 Å². The van der Waals surface area contributed by atoms with E-state index in [0.29, 0.717) is 11.4 Å². The lowest BCUT2D eigenvalue weighted by Gasteiger charge is -2.27. The highest BCUT2D eigenvalue weighted by Gasteiger charge is 2.25. The number of rotatable bonds is 6. The van der Waals surface area contributed by atoms with Crippen LogP contribution in [-0.4, -0.2) is 27.2 Å². The monoisotopic (exact) mass is 254 g/mol. The molecule has 0 bridgehead atoms. The normalized spacial score (nSPS) is 9.89. The van der Waals surface area contributed by atoms with Crippen molar-refractivity contribution in [3.63, 3.8) is 0 Å². The second-order valence-corrected chi connectivity index (χ2v) is 4.14. The summed E-state index contributed by atoms with van der Waals surface area (Å²) in [7, 11) is 3.71. The minimum Gasteiger partial charge on any atom is -0.370 e. The van der Waals surface area contributed by atoms with E-state index in [0.717, 1.165) is 25.9 Å². The molecule has 0 heterocycles. The second-order valence-electron chi connectivity index (χ2n) is 4.14. The molecular weight excluding hydrogens is 228 g/mol. The van der Waals surface area contributed by atoms with Crippen molar-refractivity contribution in [2.45, 2.75) is 40.5 Å². The Labute approximate surface area is 110 Å². The maximum atomic E-state index is 11.5. The lowest BCUT2D eigenvalue weighted by Crippen LogP contribution is -2.44. The van der Waals surface area contributed by atoms with Gasteiger partial charge >= 0.3 is 0 Å². The minimum atomic E-state index is -0.345. The van der Waals surface area contributed by atoms with E-state index in [-0.39, 0.29) is 10.9 Å². The molecule has 0 aromatic heterocycles. The summed E-state index contributed by atoms with van der Waals surface area (Å²) in [4.78, 5) is 26.7. The van der Waals surface area contributed by atoms with Gasteiger partial charge in [0.05, 0.1) is 0 Å². The number of anilines is 2. The van der Waals surface area contributed by atoms with Crippen LogP contribution in [0.15, 0.2) is 9.59 Å². The van der Waals surface area contributed by atoms with Gasteiger partial charge in [0.2, 0.25) is 0 Å². The molecule has 0 aliphatic rings. The first-order chi connectivity index (χ1) is 8.54. The number of hydrogen-bond acceptors (Lipinski definition) is 4. The highest BCUT2D eigenvalue weighted by Crippen LogP contribution is 2.22. The highest BCUT2D eigenvalue weighted by molar-refractivity contribution is 5.75. The first-order valence-corrected chi connectivity index (χ1v) is 6.80. The molecule has 4 nitrogen and oxygen atoms in total. The summed E-state index contributed by atoms with van der Waals surface area (Å²) in [6, 6.07) is 0. The van der Waals surface area contributed by atoms with Crippen LogP contribution in [0.4, 0.5) is 11.4 Å². The van der Waals surface area contributed by atoms with E-state index in [2.05, 4.69) is 6.92 Å². The summed E-state index contributed by atoms with van der Waals surface area (Å²) in [5.41, 5.74) is 0.477. The Kier molecular flexibility index (Phi) is 7.32. The largest absolute Gasteiger partial charge is 0.370 e. The molecule has 0 aliphatic heterocycles. The van der Waals surface area contributed by atoms with Crippen LogP contribution in [0.3, 0.4) is 0 Å². The van der Waals surface area contributed by atoms with Crippen molar-refractivity contribution >= 4 is 11.4 Å².